The van der Waals surface area contributed by atoms with Crippen molar-refractivity contribution in [1.29, 1.82) is 0 Å². The van der Waals surface area contributed by atoms with Crippen molar-refractivity contribution in [3.05, 3.63) is 12.2 Å². The first-order chi connectivity index (χ1) is 7.81. The number of hydrogen-bond acceptors (Lipinski definition) is 4. The molecule has 0 aromatic heterocycles. The van der Waals surface area contributed by atoms with Crippen LogP contribution in [0.1, 0.15) is 27.2 Å². The highest BCUT2D eigenvalue weighted by Gasteiger charge is 2.27. The van der Waals surface area contributed by atoms with E-state index in [1.165, 1.54) is 6.08 Å². The Morgan fingerprint density at radius 3 is 2.65 bits per heavy atom. The summed E-state index contributed by atoms with van der Waals surface area (Å²) in [6.07, 6.45) is 3.18. The number of carboxylic acids is 1. The van der Waals surface area contributed by atoms with Crippen LogP contribution in [0.25, 0.3) is 0 Å². The van der Waals surface area contributed by atoms with E-state index in [0.717, 1.165) is 11.3 Å². The molecule has 0 fully saturated rings. The number of carbonyl (C=O) groups excluding carboxylic acids is 2. The van der Waals surface area contributed by atoms with Crippen molar-refractivity contribution < 1.29 is 19.4 Å². The molecule has 0 spiro atoms. The van der Waals surface area contributed by atoms with Crippen LogP contribution >= 0.6 is 0 Å². The van der Waals surface area contributed by atoms with E-state index >= 15 is 0 Å². The topological polar surface area (TPSA) is 69.7 Å². The summed E-state index contributed by atoms with van der Waals surface area (Å²) in [4.78, 5) is 23.5. The normalized spacial score (nSPS) is 19.5. The van der Waals surface area contributed by atoms with E-state index in [1.54, 1.807) is 6.08 Å². The Balaban J connectivity index is 2.41. The lowest BCUT2D eigenvalue weighted by atomic mass is 9.93. The lowest BCUT2D eigenvalue weighted by Gasteiger charge is -2.25. The monoisotopic (exact) mass is 240 g/mol. The minimum absolute atomic E-state index is 0.0806. The summed E-state index contributed by atoms with van der Waals surface area (Å²) in [5, 5.41) is 10.7. The summed E-state index contributed by atoms with van der Waals surface area (Å²) in [6.45, 7) is 6.68. The summed E-state index contributed by atoms with van der Waals surface area (Å²) in [7, 11) is 0. The molecule has 1 heterocycles. The number of rotatable bonds is 3. The van der Waals surface area contributed by atoms with Crippen LogP contribution in [-0.2, 0) is 9.53 Å². The second kappa shape index (κ2) is 5.21. The van der Waals surface area contributed by atoms with Gasteiger partial charge in [0.15, 0.2) is 0 Å². The first-order valence-electron chi connectivity index (χ1n) is 5.62. The molecule has 5 nitrogen and oxygen atoms in total. The van der Waals surface area contributed by atoms with Crippen LogP contribution in [0.3, 0.4) is 0 Å². The zero-order valence-corrected chi connectivity index (χ0v) is 10.4. The van der Waals surface area contributed by atoms with Crippen LogP contribution in [0.5, 0.6) is 0 Å². The Bertz CT molecular complexity index is 330. The molecule has 0 aromatic carbocycles. The molecule has 0 N–H and O–H groups in total. The van der Waals surface area contributed by atoms with Gasteiger partial charge in [0.2, 0.25) is 0 Å². The van der Waals surface area contributed by atoms with Crippen molar-refractivity contribution in [2.24, 2.45) is 5.41 Å². The highest BCUT2D eigenvalue weighted by molar-refractivity contribution is 5.81. The lowest BCUT2D eigenvalue weighted by molar-refractivity contribution is -0.308. The molecule has 1 rings (SSSR count). The molecule has 0 saturated carbocycles. The molecule has 1 atom stereocenters. The first kappa shape index (κ1) is 13.5. The fourth-order valence-electron chi connectivity index (χ4n) is 1.44. The SMILES string of the molecule is CC(C)(C)CCOC(=O)N1CC=CC1C(=O)[O-]. The van der Waals surface area contributed by atoms with Gasteiger partial charge in [0.05, 0.1) is 18.6 Å². The minimum Gasteiger partial charge on any atom is -0.548 e. The minimum atomic E-state index is -1.29. The Kier molecular flexibility index (Phi) is 4.15. The number of hydrogen-bond donors (Lipinski definition) is 0. The fourth-order valence-corrected chi connectivity index (χ4v) is 1.44. The molecule has 0 aliphatic carbocycles. The molecule has 0 radical (unpaired) electrons. The van der Waals surface area contributed by atoms with E-state index in [4.69, 9.17) is 4.74 Å². The highest BCUT2D eigenvalue weighted by atomic mass is 16.6. The highest BCUT2D eigenvalue weighted by Crippen LogP contribution is 2.18. The Morgan fingerprint density at radius 1 is 1.47 bits per heavy atom. The first-order valence-corrected chi connectivity index (χ1v) is 5.62. The molecule has 1 unspecified atom stereocenters. The summed E-state index contributed by atoms with van der Waals surface area (Å²) < 4.78 is 5.04. The zero-order valence-electron chi connectivity index (χ0n) is 10.4. The largest absolute Gasteiger partial charge is 0.548 e. The van der Waals surface area contributed by atoms with Crippen molar-refractivity contribution in [2.75, 3.05) is 13.2 Å². The van der Waals surface area contributed by atoms with Gasteiger partial charge in [0.25, 0.3) is 0 Å². The van der Waals surface area contributed by atoms with Crippen molar-refractivity contribution in [3.63, 3.8) is 0 Å². The van der Waals surface area contributed by atoms with E-state index in [9.17, 15) is 14.7 Å². The number of ether oxygens (including phenoxy) is 1. The van der Waals surface area contributed by atoms with Gasteiger partial charge < -0.3 is 14.6 Å². The Morgan fingerprint density at radius 2 is 2.12 bits per heavy atom. The molecule has 1 aliphatic rings. The van der Waals surface area contributed by atoms with Gasteiger partial charge in [-0.25, -0.2) is 4.79 Å². The second-order valence-corrected chi connectivity index (χ2v) is 5.27. The van der Waals surface area contributed by atoms with E-state index in [-0.39, 0.29) is 12.0 Å². The summed E-state index contributed by atoms with van der Waals surface area (Å²) in [5.74, 6) is -1.29. The number of carboxylic acid groups (broad SMARTS) is 1. The van der Waals surface area contributed by atoms with Gasteiger partial charge >= 0.3 is 6.09 Å². The predicted octanol–water partition coefficient (Wildman–Crippen LogP) is 0.550. The van der Waals surface area contributed by atoms with Gasteiger partial charge in [-0.05, 0) is 11.8 Å². The van der Waals surface area contributed by atoms with Crippen LogP contribution in [-0.4, -0.2) is 36.2 Å². The third kappa shape index (κ3) is 4.09. The van der Waals surface area contributed by atoms with Crippen LogP contribution in [0.2, 0.25) is 0 Å². The van der Waals surface area contributed by atoms with Gasteiger partial charge in [0.1, 0.15) is 0 Å². The van der Waals surface area contributed by atoms with Crippen LogP contribution in [0.4, 0.5) is 4.79 Å². The standard InChI is InChI=1S/C12H19NO4/c1-12(2,3)6-8-17-11(16)13-7-4-5-9(13)10(14)15/h4-5,9H,6-8H2,1-3H3,(H,14,15)/p-1. The van der Waals surface area contributed by atoms with E-state index in [1.807, 2.05) is 20.8 Å². The maximum absolute atomic E-state index is 11.6. The average Bonchev–Trinajstić information content (AvgIpc) is 2.63. The number of carbonyl (C=O) groups is 2. The van der Waals surface area contributed by atoms with Crippen molar-refractivity contribution >= 4 is 12.1 Å². The van der Waals surface area contributed by atoms with E-state index < -0.39 is 18.1 Å². The fraction of sp³-hybridized carbons (Fsp3) is 0.667. The number of nitrogens with zero attached hydrogens (tertiary/aromatic N) is 1. The van der Waals surface area contributed by atoms with Crippen molar-refractivity contribution in [2.45, 2.75) is 33.2 Å². The Labute approximate surface area is 101 Å². The molecule has 1 amide bonds. The average molecular weight is 240 g/mol. The van der Waals surface area contributed by atoms with E-state index in [0.29, 0.717) is 6.61 Å². The molecule has 5 heteroatoms. The quantitative estimate of drug-likeness (QED) is 0.675. The second-order valence-electron chi connectivity index (χ2n) is 5.27. The number of amides is 1. The van der Waals surface area contributed by atoms with Gasteiger partial charge in [-0.1, -0.05) is 32.9 Å². The predicted molar refractivity (Wildman–Crippen MR) is 60.1 cm³/mol. The van der Waals surface area contributed by atoms with Crippen LogP contribution in [0.15, 0.2) is 12.2 Å². The molecule has 96 valence electrons. The Hall–Kier alpha value is -1.52. The van der Waals surface area contributed by atoms with E-state index in [2.05, 4.69) is 0 Å². The smallest absolute Gasteiger partial charge is 0.410 e. The van der Waals surface area contributed by atoms with Crippen LogP contribution < -0.4 is 5.11 Å². The molecular formula is C12H18NO4-. The third-order valence-corrected chi connectivity index (χ3v) is 2.51. The van der Waals surface area contributed by atoms with Gasteiger partial charge in [-0.15, -0.1) is 0 Å². The summed E-state index contributed by atoms with van der Waals surface area (Å²) in [5.41, 5.74) is 0.0806. The summed E-state index contributed by atoms with van der Waals surface area (Å²) in [6, 6.07) is -1.00. The molecule has 0 aromatic rings. The van der Waals surface area contributed by atoms with Gasteiger partial charge in [-0.2, -0.15) is 0 Å². The van der Waals surface area contributed by atoms with Gasteiger partial charge in [-0.3, -0.25) is 4.90 Å². The maximum atomic E-state index is 11.6. The molecular weight excluding hydrogens is 222 g/mol. The lowest BCUT2D eigenvalue weighted by Crippen LogP contribution is -2.47. The molecule has 0 bridgehead atoms. The van der Waals surface area contributed by atoms with Crippen molar-refractivity contribution in [3.8, 4) is 0 Å². The number of aliphatic carboxylic acids is 1. The van der Waals surface area contributed by atoms with Crippen molar-refractivity contribution in [1.82, 2.24) is 4.90 Å². The van der Waals surface area contributed by atoms with Crippen LogP contribution in [0, 0.1) is 5.41 Å². The molecule has 1 aliphatic heterocycles. The maximum Gasteiger partial charge on any atom is 0.410 e. The molecule has 0 saturated heterocycles. The zero-order chi connectivity index (χ0) is 13.1. The van der Waals surface area contributed by atoms with Gasteiger partial charge in [0, 0.05) is 6.54 Å². The third-order valence-electron chi connectivity index (χ3n) is 2.51. The molecule has 17 heavy (non-hydrogen) atoms. The summed E-state index contributed by atoms with van der Waals surface area (Å²) >= 11 is 0.